The number of piperazine rings is 1. The average molecular weight is 560 g/mol. The zero-order valence-corrected chi connectivity index (χ0v) is 23.5. The van der Waals surface area contributed by atoms with Gasteiger partial charge in [0.05, 0.1) is 17.6 Å². The fraction of sp³-hybridized carbons (Fsp3) is 0.233. The normalized spacial score (nSPS) is 13.4. The molecule has 0 radical (unpaired) electrons. The number of carbonyl (C=O) groups is 1. The van der Waals surface area contributed by atoms with Gasteiger partial charge in [0, 0.05) is 42.6 Å². The van der Waals surface area contributed by atoms with Gasteiger partial charge in [0.2, 0.25) is 0 Å². The molecule has 1 aliphatic rings. The third-order valence-electron chi connectivity index (χ3n) is 6.83. The van der Waals surface area contributed by atoms with Crippen LogP contribution in [0.15, 0.2) is 88.7 Å². The second kappa shape index (κ2) is 12.0. The Balaban J connectivity index is 1.36. The van der Waals surface area contributed by atoms with Crippen molar-refractivity contribution in [2.24, 2.45) is 0 Å². The van der Waals surface area contributed by atoms with Crippen molar-refractivity contribution in [2.45, 2.75) is 24.5 Å². The number of aryl methyl sites for hydroxylation is 2. The zero-order chi connectivity index (χ0) is 27.4. The lowest BCUT2D eigenvalue weighted by Crippen LogP contribution is -2.50. The van der Waals surface area contributed by atoms with E-state index in [4.69, 9.17) is 11.6 Å². The quantitative estimate of drug-likeness (QED) is 0.287. The van der Waals surface area contributed by atoms with Gasteiger partial charge in [0.15, 0.2) is 0 Å². The summed E-state index contributed by atoms with van der Waals surface area (Å²) in [5, 5.41) is 8.28. The number of hydrogen-bond acceptors (Lipinski definition) is 5. The van der Waals surface area contributed by atoms with Crippen LogP contribution in [0.5, 0.6) is 0 Å². The highest BCUT2D eigenvalue weighted by Crippen LogP contribution is 2.31. The van der Waals surface area contributed by atoms with Crippen LogP contribution in [0.3, 0.4) is 0 Å². The van der Waals surface area contributed by atoms with E-state index in [9.17, 15) is 9.59 Å². The standard InChI is InChI=1S/C30H30ClN5O2S/c1-21-7-6-8-22(2)27(21)33-30(38)35-17-15-34(16-18-35)26-19-32-36(25-9-4-3-5-10-25)29(37)28(26)39-20-23-11-13-24(31)14-12-23/h3-14,19H,15-18,20H2,1-2H3,(H,33,38). The molecule has 1 fully saturated rings. The number of amides is 2. The number of anilines is 2. The maximum Gasteiger partial charge on any atom is 0.321 e. The first-order valence-electron chi connectivity index (χ1n) is 12.8. The van der Waals surface area contributed by atoms with Gasteiger partial charge in [0.25, 0.3) is 5.56 Å². The van der Waals surface area contributed by atoms with Gasteiger partial charge < -0.3 is 15.1 Å². The molecule has 0 bridgehead atoms. The zero-order valence-electron chi connectivity index (χ0n) is 21.9. The number of para-hydroxylation sites is 2. The van der Waals surface area contributed by atoms with Gasteiger partial charge in [-0.1, -0.05) is 60.1 Å². The summed E-state index contributed by atoms with van der Waals surface area (Å²) < 4.78 is 1.45. The lowest BCUT2D eigenvalue weighted by molar-refractivity contribution is 0.208. The molecular formula is C30H30ClN5O2S. The number of aromatic nitrogens is 2. The van der Waals surface area contributed by atoms with E-state index in [-0.39, 0.29) is 11.6 Å². The maximum atomic E-state index is 13.7. The Bertz CT molecular complexity index is 1500. The Morgan fingerprint density at radius 3 is 2.26 bits per heavy atom. The molecule has 1 saturated heterocycles. The topological polar surface area (TPSA) is 70.5 Å². The van der Waals surface area contributed by atoms with Crippen LogP contribution in [0.2, 0.25) is 5.02 Å². The molecule has 0 atom stereocenters. The summed E-state index contributed by atoms with van der Waals surface area (Å²) >= 11 is 7.55. The summed E-state index contributed by atoms with van der Waals surface area (Å²) in [5.74, 6) is 0.621. The van der Waals surface area contributed by atoms with E-state index < -0.39 is 0 Å². The van der Waals surface area contributed by atoms with Crippen molar-refractivity contribution >= 4 is 40.8 Å². The van der Waals surface area contributed by atoms with Crippen molar-refractivity contribution in [3.05, 3.63) is 111 Å². The van der Waals surface area contributed by atoms with Crippen LogP contribution in [0, 0.1) is 13.8 Å². The maximum absolute atomic E-state index is 13.7. The first-order valence-corrected chi connectivity index (χ1v) is 14.2. The molecule has 0 unspecified atom stereocenters. The van der Waals surface area contributed by atoms with Crippen LogP contribution in [0.1, 0.15) is 16.7 Å². The molecule has 9 heteroatoms. The molecule has 1 aromatic heterocycles. The predicted molar refractivity (Wildman–Crippen MR) is 160 cm³/mol. The minimum absolute atomic E-state index is 0.109. The average Bonchev–Trinajstić information content (AvgIpc) is 2.95. The summed E-state index contributed by atoms with van der Waals surface area (Å²) in [4.78, 5) is 31.4. The van der Waals surface area contributed by atoms with Crippen molar-refractivity contribution in [1.29, 1.82) is 0 Å². The molecule has 1 aliphatic heterocycles. The van der Waals surface area contributed by atoms with Gasteiger partial charge in [-0.3, -0.25) is 4.79 Å². The predicted octanol–water partition coefficient (Wildman–Crippen LogP) is 6.15. The number of hydrogen-bond donors (Lipinski definition) is 1. The summed E-state index contributed by atoms with van der Waals surface area (Å²) in [6, 6.07) is 23.0. The summed E-state index contributed by atoms with van der Waals surface area (Å²) in [6.07, 6.45) is 1.77. The number of carbonyl (C=O) groups excluding carboxylic acids is 1. The van der Waals surface area contributed by atoms with Crippen LogP contribution in [0.4, 0.5) is 16.2 Å². The molecule has 3 aromatic carbocycles. The highest BCUT2D eigenvalue weighted by atomic mass is 35.5. The van der Waals surface area contributed by atoms with Crippen LogP contribution < -0.4 is 15.8 Å². The largest absolute Gasteiger partial charge is 0.366 e. The van der Waals surface area contributed by atoms with Crippen molar-refractivity contribution in [3.63, 3.8) is 0 Å². The third kappa shape index (κ3) is 6.13. The van der Waals surface area contributed by atoms with E-state index in [1.54, 1.807) is 6.20 Å². The molecule has 2 amide bonds. The first kappa shape index (κ1) is 26.8. The molecule has 39 heavy (non-hydrogen) atoms. The lowest BCUT2D eigenvalue weighted by Gasteiger charge is -2.36. The van der Waals surface area contributed by atoms with Crippen molar-refractivity contribution in [1.82, 2.24) is 14.7 Å². The Morgan fingerprint density at radius 2 is 1.59 bits per heavy atom. The lowest BCUT2D eigenvalue weighted by atomic mass is 10.1. The van der Waals surface area contributed by atoms with Gasteiger partial charge >= 0.3 is 6.03 Å². The Hall–Kier alpha value is -3.75. The molecule has 7 nitrogen and oxygen atoms in total. The second-order valence-corrected chi connectivity index (χ2v) is 10.9. The molecule has 4 aromatic rings. The summed E-state index contributed by atoms with van der Waals surface area (Å²) in [5.41, 5.74) is 5.36. The number of nitrogens with zero attached hydrogens (tertiary/aromatic N) is 4. The van der Waals surface area contributed by atoms with E-state index in [2.05, 4.69) is 15.3 Å². The number of urea groups is 1. The van der Waals surface area contributed by atoms with Crippen molar-refractivity contribution < 1.29 is 4.79 Å². The van der Waals surface area contributed by atoms with Gasteiger partial charge in [-0.2, -0.15) is 9.78 Å². The van der Waals surface area contributed by atoms with Crippen LogP contribution in [0.25, 0.3) is 5.69 Å². The summed E-state index contributed by atoms with van der Waals surface area (Å²) in [6.45, 7) is 6.28. The van der Waals surface area contributed by atoms with E-state index in [0.29, 0.717) is 41.8 Å². The van der Waals surface area contributed by atoms with Gasteiger partial charge in [-0.05, 0) is 54.8 Å². The minimum Gasteiger partial charge on any atom is -0.366 e. The van der Waals surface area contributed by atoms with E-state index in [1.807, 2.05) is 91.5 Å². The van der Waals surface area contributed by atoms with Crippen LogP contribution in [-0.2, 0) is 5.75 Å². The van der Waals surface area contributed by atoms with Gasteiger partial charge in [0.1, 0.15) is 4.90 Å². The van der Waals surface area contributed by atoms with E-state index >= 15 is 0 Å². The molecule has 0 spiro atoms. The Morgan fingerprint density at radius 1 is 0.923 bits per heavy atom. The number of halogens is 1. The minimum atomic E-state index is -0.159. The van der Waals surface area contributed by atoms with E-state index in [1.165, 1.54) is 16.4 Å². The number of rotatable bonds is 6. The number of benzene rings is 3. The van der Waals surface area contributed by atoms with Crippen LogP contribution in [-0.4, -0.2) is 46.9 Å². The fourth-order valence-corrected chi connectivity index (χ4v) is 5.80. The highest BCUT2D eigenvalue weighted by Gasteiger charge is 2.25. The fourth-order valence-electron chi connectivity index (χ4n) is 4.63. The highest BCUT2D eigenvalue weighted by molar-refractivity contribution is 7.98. The first-order chi connectivity index (χ1) is 18.9. The molecular weight excluding hydrogens is 530 g/mol. The van der Waals surface area contributed by atoms with Gasteiger partial charge in [-0.15, -0.1) is 11.8 Å². The molecule has 1 N–H and O–H groups in total. The smallest absolute Gasteiger partial charge is 0.321 e. The molecule has 2 heterocycles. The second-order valence-electron chi connectivity index (χ2n) is 9.50. The molecule has 0 aliphatic carbocycles. The molecule has 0 saturated carbocycles. The number of nitrogens with one attached hydrogen (secondary N) is 1. The SMILES string of the molecule is Cc1cccc(C)c1NC(=O)N1CCN(c2cnn(-c3ccccc3)c(=O)c2SCc2ccc(Cl)cc2)CC1. The monoisotopic (exact) mass is 559 g/mol. The van der Waals surface area contributed by atoms with Crippen molar-refractivity contribution in [2.75, 3.05) is 36.4 Å². The summed E-state index contributed by atoms with van der Waals surface area (Å²) in [7, 11) is 0. The molecule has 5 rings (SSSR count). The van der Waals surface area contributed by atoms with E-state index in [0.717, 1.165) is 33.8 Å². The van der Waals surface area contributed by atoms with Crippen molar-refractivity contribution in [3.8, 4) is 5.69 Å². The Labute approximate surface area is 237 Å². The van der Waals surface area contributed by atoms with Crippen LogP contribution >= 0.6 is 23.4 Å². The Kier molecular flexibility index (Phi) is 8.24. The number of thioether (sulfide) groups is 1. The van der Waals surface area contributed by atoms with Gasteiger partial charge in [-0.25, -0.2) is 4.79 Å². The third-order valence-corrected chi connectivity index (χ3v) is 8.23. The molecule has 200 valence electrons.